The highest BCUT2D eigenvalue weighted by Crippen LogP contribution is 2.25. The Hall–Kier alpha value is -3.68. The Balaban J connectivity index is 1.65. The van der Waals surface area contributed by atoms with E-state index in [9.17, 15) is 4.79 Å². The van der Waals surface area contributed by atoms with E-state index in [0.717, 1.165) is 33.8 Å². The highest BCUT2D eigenvalue weighted by molar-refractivity contribution is 5.83. The highest BCUT2D eigenvalue weighted by atomic mass is 16.2. The summed E-state index contributed by atoms with van der Waals surface area (Å²) in [6.07, 6.45) is 6.21. The summed E-state index contributed by atoms with van der Waals surface area (Å²) in [6.45, 7) is 6.23. The van der Waals surface area contributed by atoms with Gasteiger partial charge in [0, 0.05) is 62.0 Å². The minimum absolute atomic E-state index is 0.0811. The predicted molar refractivity (Wildman–Crippen MR) is 130 cm³/mol. The molecule has 0 aliphatic heterocycles. The number of aromatic amines is 1. The van der Waals surface area contributed by atoms with Crippen molar-refractivity contribution in [2.45, 2.75) is 45.7 Å². The van der Waals surface area contributed by atoms with Crippen LogP contribution in [-0.2, 0) is 17.8 Å². The number of nitrogens with one attached hydrogen (secondary N) is 2. The molecule has 0 unspecified atom stereocenters. The third-order valence-electron chi connectivity index (χ3n) is 5.67. The lowest BCUT2D eigenvalue weighted by Gasteiger charge is -2.21. The molecule has 1 aromatic carbocycles. The van der Waals surface area contributed by atoms with Crippen LogP contribution in [0.25, 0.3) is 10.9 Å². The van der Waals surface area contributed by atoms with Crippen molar-refractivity contribution in [3.8, 4) is 0 Å². The SMILES string of the molecule is Cc1nc([C@H](Cc2c[nH]c3ccccc23)NC(=O)Cn2ccnc2C(C)C)cc(N(C)C)n1. The summed E-state index contributed by atoms with van der Waals surface area (Å²) in [5.41, 5.74) is 2.99. The van der Waals surface area contributed by atoms with Gasteiger partial charge in [-0.05, 0) is 18.6 Å². The zero-order valence-electron chi connectivity index (χ0n) is 19.8. The molecule has 3 aromatic heterocycles. The number of aryl methyl sites for hydroxylation is 1. The Kier molecular flexibility index (Phi) is 6.44. The summed E-state index contributed by atoms with van der Waals surface area (Å²) in [7, 11) is 3.90. The molecule has 4 rings (SSSR count). The minimum atomic E-state index is -0.303. The molecule has 8 heteroatoms. The van der Waals surface area contributed by atoms with E-state index in [1.165, 1.54) is 0 Å². The second kappa shape index (κ2) is 9.44. The van der Waals surface area contributed by atoms with Crippen LogP contribution in [0.1, 0.15) is 48.7 Å². The Labute approximate surface area is 194 Å². The number of carbonyl (C=O) groups is 1. The van der Waals surface area contributed by atoms with E-state index >= 15 is 0 Å². The number of amides is 1. The molecule has 0 aliphatic carbocycles. The van der Waals surface area contributed by atoms with Crippen LogP contribution in [0.15, 0.2) is 48.9 Å². The van der Waals surface area contributed by atoms with E-state index in [4.69, 9.17) is 4.98 Å². The fourth-order valence-electron chi connectivity index (χ4n) is 4.08. The van der Waals surface area contributed by atoms with Crippen molar-refractivity contribution in [1.82, 2.24) is 29.8 Å². The lowest BCUT2D eigenvalue weighted by atomic mass is 10.0. The fourth-order valence-corrected chi connectivity index (χ4v) is 4.08. The average Bonchev–Trinajstić information content (AvgIpc) is 3.40. The quantitative estimate of drug-likeness (QED) is 0.431. The number of H-pyrrole nitrogens is 1. The highest BCUT2D eigenvalue weighted by Gasteiger charge is 2.21. The molecule has 3 heterocycles. The predicted octanol–water partition coefficient (Wildman–Crippen LogP) is 3.75. The fraction of sp³-hybridized carbons (Fsp3) is 0.360. The number of rotatable bonds is 8. The number of nitrogens with zero attached hydrogens (tertiary/aromatic N) is 5. The summed E-state index contributed by atoms with van der Waals surface area (Å²) < 4.78 is 1.90. The van der Waals surface area contributed by atoms with Crippen molar-refractivity contribution in [1.29, 1.82) is 0 Å². The molecule has 0 radical (unpaired) electrons. The van der Waals surface area contributed by atoms with E-state index in [1.807, 2.05) is 61.1 Å². The summed E-state index contributed by atoms with van der Waals surface area (Å²) in [6, 6.07) is 9.83. The topological polar surface area (TPSA) is 91.7 Å². The van der Waals surface area contributed by atoms with Crippen molar-refractivity contribution < 1.29 is 4.79 Å². The molecule has 0 saturated heterocycles. The van der Waals surface area contributed by atoms with Crippen molar-refractivity contribution in [3.05, 3.63) is 71.8 Å². The van der Waals surface area contributed by atoms with Crippen LogP contribution in [0.5, 0.6) is 0 Å². The first kappa shape index (κ1) is 22.5. The summed E-state index contributed by atoms with van der Waals surface area (Å²) in [5, 5.41) is 4.37. The van der Waals surface area contributed by atoms with Crippen LogP contribution in [0.4, 0.5) is 5.82 Å². The normalized spacial score (nSPS) is 12.3. The lowest BCUT2D eigenvalue weighted by molar-refractivity contribution is -0.122. The van der Waals surface area contributed by atoms with Gasteiger partial charge in [0.25, 0.3) is 0 Å². The smallest absolute Gasteiger partial charge is 0.240 e. The lowest BCUT2D eigenvalue weighted by Crippen LogP contribution is -2.34. The maximum absolute atomic E-state index is 13.1. The third-order valence-corrected chi connectivity index (χ3v) is 5.67. The molecule has 0 bridgehead atoms. The van der Waals surface area contributed by atoms with Crippen LogP contribution in [0.3, 0.4) is 0 Å². The molecule has 1 atom stereocenters. The molecule has 4 aromatic rings. The van der Waals surface area contributed by atoms with Gasteiger partial charge in [-0.25, -0.2) is 15.0 Å². The van der Waals surface area contributed by atoms with Crippen molar-refractivity contribution in [3.63, 3.8) is 0 Å². The van der Waals surface area contributed by atoms with Crippen molar-refractivity contribution >= 4 is 22.6 Å². The number of fused-ring (bicyclic) bond motifs is 1. The number of benzene rings is 1. The monoisotopic (exact) mass is 445 g/mol. The van der Waals surface area contributed by atoms with Gasteiger partial charge < -0.3 is 19.8 Å². The molecular weight excluding hydrogens is 414 g/mol. The van der Waals surface area contributed by atoms with E-state index in [-0.39, 0.29) is 24.4 Å². The summed E-state index contributed by atoms with van der Waals surface area (Å²) in [4.78, 5) is 32.0. The Morgan fingerprint density at radius 3 is 2.76 bits per heavy atom. The molecule has 1 amide bonds. The molecule has 0 aliphatic rings. The first-order chi connectivity index (χ1) is 15.8. The maximum atomic E-state index is 13.1. The number of anilines is 1. The summed E-state index contributed by atoms with van der Waals surface area (Å²) in [5.74, 6) is 2.54. The Bertz CT molecular complexity index is 1250. The van der Waals surface area contributed by atoms with E-state index < -0.39 is 0 Å². The average molecular weight is 446 g/mol. The van der Waals surface area contributed by atoms with E-state index in [0.29, 0.717) is 12.2 Å². The van der Waals surface area contributed by atoms with Crippen LogP contribution in [-0.4, -0.2) is 44.5 Å². The number of hydrogen-bond acceptors (Lipinski definition) is 5. The molecule has 172 valence electrons. The summed E-state index contributed by atoms with van der Waals surface area (Å²) >= 11 is 0. The Morgan fingerprint density at radius 1 is 1.21 bits per heavy atom. The van der Waals surface area contributed by atoms with Gasteiger partial charge in [0.2, 0.25) is 5.91 Å². The van der Waals surface area contributed by atoms with Gasteiger partial charge in [0.05, 0.1) is 11.7 Å². The zero-order chi connectivity index (χ0) is 23.5. The van der Waals surface area contributed by atoms with Gasteiger partial charge in [0.15, 0.2) is 0 Å². The van der Waals surface area contributed by atoms with Gasteiger partial charge in [-0.1, -0.05) is 32.0 Å². The van der Waals surface area contributed by atoms with Gasteiger partial charge in [-0.2, -0.15) is 0 Å². The molecule has 2 N–H and O–H groups in total. The molecular formula is C25H31N7O. The number of carbonyl (C=O) groups excluding carboxylic acids is 1. The molecule has 8 nitrogen and oxygen atoms in total. The zero-order valence-corrected chi connectivity index (χ0v) is 19.8. The number of aromatic nitrogens is 5. The molecule has 0 fully saturated rings. The van der Waals surface area contributed by atoms with Crippen LogP contribution < -0.4 is 10.2 Å². The van der Waals surface area contributed by atoms with Crippen LogP contribution in [0, 0.1) is 6.92 Å². The largest absolute Gasteiger partial charge is 0.363 e. The molecule has 0 saturated carbocycles. The number of imidazole rings is 1. The van der Waals surface area contributed by atoms with E-state index in [1.54, 1.807) is 6.20 Å². The third kappa shape index (κ3) is 5.05. The van der Waals surface area contributed by atoms with Gasteiger partial charge >= 0.3 is 0 Å². The van der Waals surface area contributed by atoms with Gasteiger partial charge in [-0.3, -0.25) is 4.79 Å². The number of hydrogen-bond donors (Lipinski definition) is 2. The Morgan fingerprint density at radius 2 is 2.00 bits per heavy atom. The first-order valence-corrected chi connectivity index (χ1v) is 11.2. The van der Waals surface area contributed by atoms with Gasteiger partial charge in [0.1, 0.15) is 24.0 Å². The van der Waals surface area contributed by atoms with Crippen LogP contribution in [0.2, 0.25) is 0 Å². The van der Waals surface area contributed by atoms with Crippen molar-refractivity contribution in [2.75, 3.05) is 19.0 Å². The second-order valence-electron chi connectivity index (χ2n) is 8.84. The standard InChI is InChI=1S/C25H31N7O/c1-16(2)25-26-10-11-32(25)15-24(33)30-21(22-13-23(31(4)5)29-17(3)28-22)12-18-14-27-20-9-7-6-8-19(18)20/h6-11,13-14,16,21,27H,12,15H2,1-5H3,(H,30,33)/t21-/m0/s1. The first-order valence-electron chi connectivity index (χ1n) is 11.2. The molecule has 0 spiro atoms. The maximum Gasteiger partial charge on any atom is 0.240 e. The second-order valence-corrected chi connectivity index (χ2v) is 8.84. The van der Waals surface area contributed by atoms with Crippen LogP contribution >= 0.6 is 0 Å². The van der Waals surface area contributed by atoms with Crippen molar-refractivity contribution in [2.24, 2.45) is 0 Å². The number of para-hydroxylation sites is 1. The van der Waals surface area contributed by atoms with E-state index in [2.05, 4.69) is 46.2 Å². The van der Waals surface area contributed by atoms with Gasteiger partial charge in [-0.15, -0.1) is 0 Å². The molecule has 33 heavy (non-hydrogen) atoms. The minimum Gasteiger partial charge on any atom is -0.363 e.